The summed E-state index contributed by atoms with van der Waals surface area (Å²) in [6.07, 6.45) is 0. The van der Waals surface area contributed by atoms with Crippen molar-refractivity contribution >= 4 is 99.9 Å². The van der Waals surface area contributed by atoms with Gasteiger partial charge in [-0.25, -0.2) is 0 Å². The van der Waals surface area contributed by atoms with Crippen LogP contribution >= 0.6 is 90.5 Å². The highest BCUT2D eigenvalue weighted by atomic mass is 127. The van der Waals surface area contributed by atoms with Crippen LogP contribution in [0.3, 0.4) is 0 Å². The van der Waals surface area contributed by atoms with Crippen LogP contribution in [0.5, 0.6) is 0 Å². The molecule has 20 heavy (non-hydrogen) atoms. The third kappa shape index (κ3) is 2.23. The van der Waals surface area contributed by atoms with Crippen molar-refractivity contribution < 1.29 is 0 Å². The highest BCUT2D eigenvalue weighted by Crippen LogP contribution is 2.51. The second-order valence-electron chi connectivity index (χ2n) is 4.11. The Kier molecular flexibility index (Phi) is 3.97. The standard InChI is InChI=1S/C14H6I2S4/c15-13-9(7-3-1-5-17-7)11-12(20-13)10(14(16)19-11)8-4-2-6-18-8/h1-6H. The van der Waals surface area contributed by atoms with Crippen molar-refractivity contribution in [3.8, 4) is 20.9 Å². The Morgan fingerprint density at radius 3 is 1.50 bits per heavy atom. The molecule has 0 aromatic carbocycles. The monoisotopic (exact) mass is 556 g/mol. The molecule has 0 aliphatic rings. The molecule has 6 heteroatoms. The first-order valence-electron chi connectivity index (χ1n) is 5.73. The number of fused-ring (bicyclic) bond motifs is 1. The first kappa shape index (κ1) is 14.1. The zero-order chi connectivity index (χ0) is 13.7. The first-order valence-corrected chi connectivity index (χ1v) is 11.3. The predicted molar refractivity (Wildman–Crippen MR) is 112 cm³/mol. The fourth-order valence-electron chi connectivity index (χ4n) is 2.14. The molecule has 0 saturated carbocycles. The molecule has 0 radical (unpaired) electrons. The van der Waals surface area contributed by atoms with Crippen LogP contribution in [0.1, 0.15) is 0 Å². The van der Waals surface area contributed by atoms with E-state index in [-0.39, 0.29) is 0 Å². The van der Waals surface area contributed by atoms with Gasteiger partial charge in [0.2, 0.25) is 0 Å². The van der Waals surface area contributed by atoms with Crippen molar-refractivity contribution in [3.05, 3.63) is 40.8 Å². The van der Waals surface area contributed by atoms with Gasteiger partial charge < -0.3 is 0 Å². The van der Waals surface area contributed by atoms with Gasteiger partial charge in [-0.3, -0.25) is 0 Å². The van der Waals surface area contributed by atoms with E-state index in [1.807, 2.05) is 45.3 Å². The van der Waals surface area contributed by atoms with Crippen molar-refractivity contribution in [2.75, 3.05) is 0 Å². The van der Waals surface area contributed by atoms with Gasteiger partial charge in [-0.15, -0.1) is 45.3 Å². The lowest BCUT2D eigenvalue weighted by atomic mass is 10.2. The Bertz CT molecular complexity index is 792. The maximum Gasteiger partial charge on any atom is 0.0761 e. The van der Waals surface area contributed by atoms with E-state index < -0.39 is 0 Å². The average Bonchev–Trinajstić information content (AvgIpc) is 3.13. The summed E-state index contributed by atoms with van der Waals surface area (Å²) in [5.74, 6) is 0. The fraction of sp³-hybridized carbons (Fsp3) is 0. The van der Waals surface area contributed by atoms with Crippen LogP contribution < -0.4 is 0 Å². The Hall–Kier alpha value is 0.520. The van der Waals surface area contributed by atoms with Gasteiger partial charge in [0.15, 0.2) is 0 Å². The van der Waals surface area contributed by atoms with Gasteiger partial charge >= 0.3 is 0 Å². The minimum Gasteiger partial charge on any atom is -0.144 e. The SMILES string of the molecule is Ic1sc2c(-c3cccs3)c(I)sc2c1-c1cccs1. The van der Waals surface area contributed by atoms with Gasteiger partial charge in [0.05, 0.1) is 15.2 Å². The summed E-state index contributed by atoms with van der Waals surface area (Å²) in [6, 6.07) is 8.73. The van der Waals surface area contributed by atoms with E-state index in [0.717, 1.165) is 0 Å². The molecular formula is C14H6I2S4. The summed E-state index contributed by atoms with van der Waals surface area (Å²) in [7, 11) is 0. The third-order valence-electron chi connectivity index (χ3n) is 2.97. The van der Waals surface area contributed by atoms with Crippen molar-refractivity contribution in [1.82, 2.24) is 0 Å². The van der Waals surface area contributed by atoms with Crippen LogP contribution in [0.25, 0.3) is 30.3 Å². The molecule has 0 bridgehead atoms. The van der Waals surface area contributed by atoms with E-state index in [1.54, 1.807) is 0 Å². The van der Waals surface area contributed by atoms with Gasteiger partial charge in [-0.1, -0.05) is 12.1 Å². The minimum atomic E-state index is 1.39. The lowest BCUT2D eigenvalue weighted by molar-refractivity contribution is 1.92. The van der Waals surface area contributed by atoms with Gasteiger partial charge in [-0.2, -0.15) is 0 Å². The normalized spacial score (nSPS) is 11.5. The number of hydrogen-bond acceptors (Lipinski definition) is 4. The van der Waals surface area contributed by atoms with Crippen molar-refractivity contribution in [2.24, 2.45) is 0 Å². The average molecular weight is 556 g/mol. The van der Waals surface area contributed by atoms with Crippen LogP contribution in [0.15, 0.2) is 35.0 Å². The Labute approximate surface area is 159 Å². The molecule has 0 aliphatic heterocycles. The predicted octanol–water partition coefficient (Wildman–Crippen LogP) is 7.63. The lowest BCUT2D eigenvalue weighted by Gasteiger charge is -1.94. The van der Waals surface area contributed by atoms with E-state index in [0.29, 0.717) is 0 Å². The zero-order valence-corrected chi connectivity index (χ0v) is 17.4. The molecule has 4 rings (SSSR count). The number of rotatable bonds is 2. The quantitative estimate of drug-likeness (QED) is 0.223. The summed E-state index contributed by atoms with van der Waals surface area (Å²) >= 11 is 12.5. The lowest BCUT2D eigenvalue weighted by Crippen LogP contribution is -1.68. The molecule has 4 aromatic heterocycles. The zero-order valence-electron chi connectivity index (χ0n) is 9.85. The summed E-state index contributed by atoms with van der Waals surface area (Å²) in [4.78, 5) is 2.77. The van der Waals surface area contributed by atoms with Gasteiger partial charge in [0, 0.05) is 20.9 Å². The molecule has 100 valence electrons. The Morgan fingerprint density at radius 2 is 1.15 bits per heavy atom. The highest BCUT2D eigenvalue weighted by Gasteiger charge is 2.21. The van der Waals surface area contributed by atoms with Crippen LogP contribution in [0.4, 0.5) is 0 Å². The second-order valence-corrected chi connectivity index (χ2v) is 11.7. The van der Waals surface area contributed by atoms with E-state index in [4.69, 9.17) is 0 Å². The summed E-state index contributed by atoms with van der Waals surface area (Å²) < 4.78 is 5.71. The molecule has 0 unspecified atom stereocenters. The van der Waals surface area contributed by atoms with E-state index >= 15 is 0 Å². The Morgan fingerprint density at radius 1 is 0.700 bits per heavy atom. The first-order chi connectivity index (χ1) is 9.75. The van der Waals surface area contributed by atoms with Gasteiger partial charge in [0.25, 0.3) is 0 Å². The van der Waals surface area contributed by atoms with Crippen LogP contribution in [0.2, 0.25) is 0 Å². The summed E-state index contributed by atoms with van der Waals surface area (Å²) in [5.41, 5.74) is 2.87. The maximum atomic E-state index is 2.49. The number of thiophene rings is 4. The minimum absolute atomic E-state index is 1.39. The van der Waals surface area contributed by atoms with E-state index in [9.17, 15) is 0 Å². The van der Waals surface area contributed by atoms with Crippen molar-refractivity contribution in [3.63, 3.8) is 0 Å². The molecule has 0 N–H and O–H groups in total. The smallest absolute Gasteiger partial charge is 0.0761 e. The number of hydrogen-bond donors (Lipinski definition) is 0. The highest BCUT2D eigenvalue weighted by molar-refractivity contribution is 14.1. The Balaban J connectivity index is 2.05. The molecule has 0 aliphatic carbocycles. The maximum absolute atomic E-state index is 2.49. The van der Waals surface area contributed by atoms with Crippen LogP contribution in [-0.4, -0.2) is 0 Å². The summed E-state index contributed by atoms with van der Waals surface area (Å²) in [6.45, 7) is 0. The van der Waals surface area contributed by atoms with E-state index in [2.05, 4.69) is 80.2 Å². The fourth-order valence-corrected chi connectivity index (χ4v) is 9.52. The topological polar surface area (TPSA) is 0 Å². The molecule has 0 nitrogen and oxygen atoms in total. The largest absolute Gasteiger partial charge is 0.144 e. The van der Waals surface area contributed by atoms with Crippen LogP contribution in [0, 0.1) is 5.77 Å². The molecule has 0 amide bonds. The molecular weight excluding hydrogens is 550 g/mol. The molecule has 0 atom stereocenters. The van der Waals surface area contributed by atoms with Crippen molar-refractivity contribution in [1.29, 1.82) is 0 Å². The molecule has 0 fully saturated rings. The summed E-state index contributed by atoms with van der Waals surface area (Å²) in [5, 5.41) is 4.32. The van der Waals surface area contributed by atoms with Gasteiger partial charge in [0.1, 0.15) is 0 Å². The second kappa shape index (κ2) is 5.62. The van der Waals surface area contributed by atoms with E-state index in [1.165, 1.54) is 36.0 Å². The van der Waals surface area contributed by atoms with Gasteiger partial charge in [-0.05, 0) is 68.1 Å². The molecule has 4 heterocycles. The molecule has 0 saturated heterocycles. The molecule has 4 aromatic rings. The van der Waals surface area contributed by atoms with Crippen LogP contribution in [-0.2, 0) is 0 Å². The molecule has 0 spiro atoms. The van der Waals surface area contributed by atoms with Crippen molar-refractivity contribution in [2.45, 2.75) is 0 Å². The number of halogens is 2. The third-order valence-corrected chi connectivity index (χ3v) is 9.27.